The van der Waals surface area contributed by atoms with Crippen LogP contribution in [-0.4, -0.2) is 47.7 Å². The van der Waals surface area contributed by atoms with Crippen molar-refractivity contribution in [3.63, 3.8) is 0 Å². The number of aliphatic hydroxyl groups is 2. The van der Waals surface area contributed by atoms with Crippen LogP contribution in [0, 0.1) is 5.92 Å². The summed E-state index contributed by atoms with van der Waals surface area (Å²) in [6.45, 7) is 3.02. The van der Waals surface area contributed by atoms with Crippen LogP contribution in [0.3, 0.4) is 0 Å². The van der Waals surface area contributed by atoms with Crippen molar-refractivity contribution < 1.29 is 37.6 Å². The number of rotatable bonds is 4. The van der Waals surface area contributed by atoms with E-state index >= 15 is 0 Å². The zero-order valence-corrected chi connectivity index (χ0v) is 11.9. The highest BCUT2D eigenvalue weighted by Crippen LogP contribution is 2.41. The molecule has 3 N–H and O–H groups in total. The van der Waals surface area contributed by atoms with E-state index < -0.39 is 30.9 Å². The Morgan fingerprint density at radius 3 is 2.55 bits per heavy atom. The number of nitrogens with one attached hydrogen (secondary N) is 1. The quantitative estimate of drug-likeness (QED) is 0.532. The van der Waals surface area contributed by atoms with Crippen molar-refractivity contribution >= 4 is 0 Å². The molecular weight excluding hydrogens is 307 g/mol. The fourth-order valence-electron chi connectivity index (χ4n) is 2.64. The number of aliphatic hydroxyl groups excluding tert-OH is 1. The van der Waals surface area contributed by atoms with E-state index in [1.54, 1.807) is 0 Å². The molecule has 1 saturated carbocycles. The van der Waals surface area contributed by atoms with E-state index in [1.807, 2.05) is 0 Å². The topological polar surface area (TPSA) is 80.2 Å². The lowest BCUT2D eigenvalue weighted by molar-refractivity contribution is -0.446. The van der Waals surface area contributed by atoms with E-state index in [1.165, 1.54) is 6.08 Å². The van der Waals surface area contributed by atoms with Gasteiger partial charge >= 0.3 is 12.1 Å². The predicted molar refractivity (Wildman–Crippen MR) is 68.0 cm³/mol. The van der Waals surface area contributed by atoms with Crippen LogP contribution < -0.4 is 5.32 Å². The molecule has 0 aromatic heterocycles. The van der Waals surface area contributed by atoms with Crippen molar-refractivity contribution in [1.29, 1.82) is 0 Å². The Labute approximate surface area is 125 Å². The maximum atomic E-state index is 12.8. The van der Waals surface area contributed by atoms with Gasteiger partial charge in [-0.05, 0) is 37.7 Å². The van der Waals surface area contributed by atoms with E-state index in [0.29, 0.717) is 12.8 Å². The molecule has 0 radical (unpaired) electrons. The summed E-state index contributed by atoms with van der Waals surface area (Å²) >= 11 is 0. The third-order valence-corrected chi connectivity index (χ3v) is 4.00. The van der Waals surface area contributed by atoms with Crippen LogP contribution in [0.15, 0.2) is 12.7 Å². The fourth-order valence-corrected chi connectivity index (χ4v) is 2.64. The lowest BCUT2D eigenvalue weighted by Gasteiger charge is -2.48. The van der Waals surface area contributed by atoms with Gasteiger partial charge in [0.15, 0.2) is 13.1 Å². The Hall–Kier alpha value is -0.710. The summed E-state index contributed by atoms with van der Waals surface area (Å²) in [5.74, 6) is -3.30. The summed E-state index contributed by atoms with van der Waals surface area (Å²) in [4.78, 5) is 0. The lowest BCUT2D eigenvalue weighted by atomic mass is 9.83. The molecule has 1 aliphatic carbocycles. The monoisotopic (exact) mass is 327 g/mol. The third kappa shape index (κ3) is 3.79. The first-order valence-electron chi connectivity index (χ1n) is 6.98. The second-order valence-corrected chi connectivity index (χ2v) is 5.57. The maximum absolute atomic E-state index is 12.8. The summed E-state index contributed by atoms with van der Waals surface area (Å²) in [7, 11) is 0. The summed E-state index contributed by atoms with van der Waals surface area (Å²) < 4.78 is 53.2. The lowest BCUT2D eigenvalue weighted by Crippen LogP contribution is -2.71. The Balaban J connectivity index is 1.90. The van der Waals surface area contributed by atoms with Crippen LogP contribution in [-0.2, 0) is 14.2 Å². The number of halogens is 3. The second-order valence-electron chi connectivity index (χ2n) is 5.57. The van der Waals surface area contributed by atoms with Crippen molar-refractivity contribution in [1.82, 2.24) is 5.32 Å². The molecule has 1 spiro atoms. The minimum absolute atomic E-state index is 0.0902. The molecular formula is C13H20F3NO5. The van der Waals surface area contributed by atoms with Crippen LogP contribution in [0.5, 0.6) is 0 Å². The fraction of sp³-hybridized carbons (Fsp3) is 0.846. The average Bonchev–Trinajstić information content (AvgIpc) is 2.45. The minimum Gasteiger partial charge on any atom is -0.365 e. The number of alkyl halides is 3. The molecule has 2 aliphatic rings. The minimum atomic E-state index is -4.96. The van der Waals surface area contributed by atoms with Gasteiger partial charge in [-0.2, -0.15) is 13.2 Å². The molecule has 1 aliphatic heterocycles. The molecule has 6 nitrogen and oxygen atoms in total. The molecule has 9 heteroatoms. The molecule has 128 valence electrons. The van der Waals surface area contributed by atoms with Gasteiger partial charge in [0.05, 0.1) is 6.61 Å². The van der Waals surface area contributed by atoms with Gasteiger partial charge in [0.25, 0.3) is 0 Å². The largest absolute Gasteiger partial charge is 0.459 e. The van der Waals surface area contributed by atoms with E-state index in [9.17, 15) is 23.4 Å². The first kappa shape index (κ1) is 17.6. The molecule has 0 aromatic carbocycles. The highest BCUT2D eigenvalue weighted by atomic mass is 19.4. The van der Waals surface area contributed by atoms with E-state index in [-0.39, 0.29) is 25.4 Å². The van der Waals surface area contributed by atoms with Gasteiger partial charge < -0.3 is 24.4 Å². The van der Waals surface area contributed by atoms with Crippen molar-refractivity contribution in [2.45, 2.75) is 49.8 Å². The van der Waals surface area contributed by atoms with Crippen LogP contribution in [0.4, 0.5) is 13.2 Å². The van der Waals surface area contributed by atoms with Gasteiger partial charge in [-0.25, -0.2) is 5.32 Å². The van der Waals surface area contributed by atoms with E-state index in [4.69, 9.17) is 9.47 Å². The Morgan fingerprint density at radius 2 is 2.00 bits per heavy atom. The van der Waals surface area contributed by atoms with Gasteiger partial charge in [0, 0.05) is 0 Å². The highest BCUT2D eigenvalue weighted by molar-refractivity contribution is 4.92. The molecule has 1 heterocycles. The standard InChI is InChI=1S/C13H20F3NO5/c1-2-10(18)20-7-9-3-5-11(6-4-9)17-13(19,12(14,15)16)22-8-21-11/h2,9-10,17-19H,1,3-8H2. The number of ether oxygens (including phenoxy) is 3. The second kappa shape index (κ2) is 6.42. The van der Waals surface area contributed by atoms with Crippen molar-refractivity contribution in [3.8, 4) is 0 Å². The molecule has 22 heavy (non-hydrogen) atoms. The van der Waals surface area contributed by atoms with Gasteiger partial charge in [0.1, 0.15) is 5.72 Å². The predicted octanol–water partition coefficient (Wildman–Crippen LogP) is 1.20. The zero-order chi connectivity index (χ0) is 16.4. The van der Waals surface area contributed by atoms with Gasteiger partial charge in [-0.15, -0.1) is 0 Å². The Morgan fingerprint density at radius 1 is 1.36 bits per heavy atom. The van der Waals surface area contributed by atoms with Crippen LogP contribution in [0.25, 0.3) is 0 Å². The summed E-state index contributed by atoms with van der Waals surface area (Å²) in [6, 6.07) is 0. The van der Waals surface area contributed by atoms with Crippen molar-refractivity contribution in [3.05, 3.63) is 12.7 Å². The van der Waals surface area contributed by atoms with Crippen LogP contribution in [0.2, 0.25) is 0 Å². The molecule has 2 fully saturated rings. The highest BCUT2D eigenvalue weighted by Gasteiger charge is 2.62. The van der Waals surface area contributed by atoms with Crippen molar-refractivity contribution in [2.24, 2.45) is 5.92 Å². The first-order valence-corrected chi connectivity index (χ1v) is 6.98. The Kier molecular flexibility index (Phi) is 5.15. The number of hydrogen-bond donors (Lipinski definition) is 3. The summed E-state index contributed by atoms with van der Waals surface area (Å²) in [5, 5.41) is 20.9. The maximum Gasteiger partial charge on any atom is 0.459 e. The molecule has 0 aromatic rings. The SMILES string of the molecule is C=CC(O)OCC1CCC2(CC1)NC(O)(C(F)(F)F)OCO2. The summed E-state index contributed by atoms with van der Waals surface area (Å²) in [5.41, 5.74) is -1.27. The molecule has 2 rings (SSSR count). The smallest absolute Gasteiger partial charge is 0.365 e. The van der Waals surface area contributed by atoms with Gasteiger partial charge in [-0.3, -0.25) is 0 Å². The van der Waals surface area contributed by atoms with E-state index in [2.05, 4.69) is 16.6 Å². The molecule has 1 saturated heterocycles. The van der Waals surface area contributed by atoms with E-state index in [0.717, 1.165) is 0 Å². The number of hydrogen-bond acceptors (Lipinski definition) is 6. The normalized spacial score (nSPS) is 38.0. The van der Waals surface area contributed by atoms with Crippen molar-refractivity contribution in [2.75, 3.05) is 13.4 Å². The average molecular weight is 327 g/mol. The Bertz CT molecular complexity index is 398. The van der Waals surface area contributed by atoms with Crippen LogP contribution >= 0.6 is 0 Å². The van der Waals surface area contributed by atoms with Crippen LogP contribution in [0.1, 0.15) is 25.7 Å². The molecule has 0 bridgehead atoms. The van der Waals surface area contributed by atoms with Gasteiger partial charge in [0.2, 0.25) is 0 Å². The molecule has 2 atom stereocenters. The molecule has 0 amide bonds. The third-order valence-electron chi connectivity index (χ3n) is 4.00. The summed E-state index contributed by atoms with van der Waals surface area (Å²) in [6.07, 6.45) is -3.16. The molecule has 2 unspecified atom stereocenters. The first-order chi connectivity index (χ1) is 10.2. The zero-order valence-electron chi connectivity index (χ0n) is 11.9. The van der Waals surface area contributed by atoms with Gasteiger partial charge in [-0.1, -0.05) is 6.58 Å².